The number of carbonyl (C=O) groups is 2. The van der Waals surface area contributed by atoms with Gasteiger partial charge in [0.1, 0.15) is 0 Å². The normalized spacial score (nSPS) is 19.8. The third-order valence-electron chi connectivity index (χ3n) is 10.3. The first kappa shape index (κ1) is 38.9. The largest absolute Gasteiger partial charge is 0.386 e. The van der Waals surface area contributed by atoms with Gasteiger partial charge in [0.25, 0.3) is 0 Å². The molecular weight excluding hydrogens is 656 g/mol. The predicted octanol–water partition coefficient (Wildman–Crippen LogP) is -1.18. The lowest BCUT2D eigenvalue weighted by Gasteiger charge is -2.19. The fraction of sp³-hybridized carbons (Fsp3) is 0.526. The van der Waals surface area contributed by atoms with Crippen molar-refractivity contribution in [3.63, 3.8) is 0 Å². The molecule has 8 bridgehead atoms. The Bertz CT molecular complexity index is 1890. The molecule has 5 rings (SSSR count). The third-order valence-corrected chi connectivity index (χ3v) is 10.3. The molecule has 0 fully saturated rings. The summed E-state index contributed by atoms with van der Waals surface area (Å²) < 4.78 is 0. The lowest BCUT2D eigenvalue weighted by atomic mass is 9.98. The minimum Gasteiger partial charge on any atom is -0.386 e. The number of amides is 2. The van der Waals surface area contributed by atoms with E-state index in [-0.39, 0.29) is 23.9 Å². The third kappa shape index (κ3) is 8.81. The molecule has 0 saturated carbocycles. The average Bonchev–Trinajstić information content (AvgIpc) is 3.79. The van der Waals surface area contributed by atoms with Crippen molar-refractivity contribution in [3.05, 3.63) is 66.9 Å². The smallest absolute Gasteiger partial charge is 0.220 e. The number of carbonyl (C=O) groups excluding carboxylic acids is 2. The molecule has 282 valence electrons. The number of allylic oxidation sites excluding steroid dienone is 2. The first-order chi connectivity index (χ1) is 25.1. The summed E-state index contributed by atoms with van der Waals surface area (Å²) in [6.45, 7) is 12.3. The molecule has 14 heteroatoms. The molecule has 0 radical (unpaired) electrons. The number of aromatic amines is 2. The zero-order valence-corrected chi connectivity index (χ0v) is 31.2. The van der Waals surface area contributed by atoms with Crippen molar-refractivity contribution < 1.29 is 9.59 Å². The van der Waals surface area contributed by atoms with Gasteiger partial charge in [0.2, 0.25) is 11.8 Å². The highest BCUT2D eigenvalue weighted by Crippen LogP contribution is 2.30. The van der Waals surface area contributed by atoms with E-state index in [1.807, 2.05) is 0 Å². The van der Waals surface area contributed by atoms with Gasteiger partial charge >= 0.3 is 0 Å². The van der Waals surface area contributed by atoms with Crippen LogP contribution in [0.1, 0.15) is 66.8 Å². The fourth-order valence-electron chi connectivity index (χ4n) is 7.43. The molecule has 5 heterocycles. The highest BCUT2D eigenvalue weighted by Gasteiger charge is 2.34. The van der Waals surface area contributed by atoms with E-state index in [4.69, 9.17) is 32.9 Å². The second kappa shape index (κ2) is 17.9. The van der Waals surface area contributed by atoms with Gasteiger partial charge in [0.15, 0.2) is 0 Å². The monoisotopic (exact) mass is 714 g/mol. The molecule has 2 amide bonds. The molecule has 14 N–H and O–H groups in total. The van der Waals surface area contributed by atoms with Crippen molar-refractivity contribution in [1.29, 1.82) is 0 Å². The van der Waals surface area contributed by atoms with E-state index in [1.165, 1.54) is 5.57 Å². The maximum Gasteiger partial charge on any atom is 0.220 e. The van der Waals surface area contributed by atoms with Crippen LogP contribution in [-0.4, -0.2) is 97.6 Å². The van der Waals surface area contributed by atoms with Crippen molar-refractivity contribution in [1.82, 2.24) is 31.2 Å². The molecule has 0 saturated heterocycles. The maximum absolute atomic E-state index is 12.8. The van der Waals surface area contributed by atoms with E-state index in [0.29, 0.717) is 90.9 Å². The van der Waals surface area contributed by atoms with E-state index in [1.54, 1.807) is 0 Å². The Morgan fingerprint density at radius 2 is 1.48 bits per heavy atom. The first-order valence-corrected chi connectivity index (χ1v) is 18.6. The number of rotatable bonds is 15. The number of nitrogens with two attached hydrogens (primary N) is 4. The fourth-order valence-corrected chi connectivity index (χ4v) is 7.43. The van der Waals surface area contributed by atoms with Gasteiger partial charge in [-0.15, -0.1) is 0 Å². The van der Waals surface area contributed by atoms with Crippen LogP contribution in [0.5, 0.6) is 0 Å². The lowest BCUT2D eigenvalue weighted by molar-refractivity contribution is -0.121. The Morgan fingerprint density at radius 1 is 0.808 bits per heavy atom. The molecule has 2 aromatic rings. The summed E-state index contributed by atoms with van der Waals surface area (Å²) in [5.41, 5.74) is 35.5. The molecule has 52 heavy (non-hydrogen) atoms. The van der Waals surface area contributed by atoms with Crippen LogP contribution in [-0.2, 0) is 28.9 Å². The van der Waals surface area contributed by atoms with Gasteiger partial charge in [0.05, 0.1) is 29.7 Å². The average molecular weight is 715 g/mol. The van der Waals surface area contributed by atoms with Crippen molar-refractivity contribution in [2.24, 2.45) is 32.9 Å². The van der Waals surface area contributed by atoms with Gasteiger partial charge in [-0.05, 0) is 80.5 Å². The Hall–Kier alpha value is -4.34. The Labute approximate surface area is 306 Å². The second-order valence-corrected chi connectivity index (χ2v) is 13.8. The summed E-state index contributed by atoms with van der Waals surface area (Å²) in [7, 11) is 0. The number of aliphatic imine (C=N–C) groups is 2. The minimum absolute atomic E-state index is 0.00353. The van der Waals surface area contributed by atoms with Gasteiger partial charge in [0, 0.05) is 111 Å². The standard InChI is InChI=1S/C38H58N12O2/c1-21-25(5-7-35(51)43-13-9-39)31-20-32-26(6-8-36(52)44-14-10-40)22(2)28(48-32)18-33-38(46-16-12-42)24(4)30(50-33)19-34-37(45-15-11-41)23(3)29(49-34)17-27(21)47-31/h17,20,30,33,46-48,50H,5-16,18-19,39-42H2,1-4H3,(H,43,51)(H,44,52)/b27-17?,31-20-,45-37?. The van der Waals surface area contributed by atoms with Crippen LogP contribution in [0.2, 0.25) is 0 Å². The van der Waals surface area contributed by atoms with Gasteiger partial charge in [-0.2, -0.15) is 0 Å². The van der Waals surface area contributed by atoms with Crippen LogP contribution in [0.25, 0.3) is 12.2 Å². The van der Waals surface area contributed by atoms with E-state index >= 15 is 0 Å². The quantitative estimate of drug-likeness (QED) is 0.107. The summed E-state index contributed by atoms with van der Waals surface area (Å²) in [5.74, 6) is -0.0763. The minimum atomic E-state index is -0.0441. The Kier molecular flexibility index (Phi) is 13.4. The van der Waals surface area contributed by atoms with Gasteiger partial charge in [-0.1, -0.05) is 0 Å². The molecular formula is C38H58N12O2. The number of nitrogens with zero attached hydrogens (tertiary/aromatic N) is 2. The van der Waals surface area contributed by atoms with Crippen LogP contribution >= 0.6 is 0 Å². The van der Waals surface area contributed by atoms with E-state index in [9.17, 15) is 9.59 Å². The molecule has 0 spiro atoms. The topological polar surface area (TPSA) is 243 Å². The van der Waals surface area contributed by atoms with Gasteiger partial charge in [-0.3, -0.25) is 19.6 Å². The van der Waals surface area contributed by atoms with Crippen LogP contribution < -0.4 is 54.9 Å². The molecule has 0 aliphatic carbocycles. The van der Waals surface area contributed by atoms with Crippen LogP contribution in [0.4, 0.5) is 0 Å². The zero-order valence-electron chi connectivity index (χ0n) is 31.2. The van der Waals surface area contributed by atoms with Crippen molar-refractivity contribution >= 4 is 35.4 Å². The van der Waals surface area contributed by atoms with E-state index in [2.05, 4.69) is 71.1 Å². The first-order valence-electron chi connectivity index (χ1n) is 18.6. The summed E-state index contributed by atoms with van der Waals surface area (Å²) in [6.07, 6.45) is 7.33. The molecule has 2 aromatic heterocycles. The number of aromatic nitrogens is 2. The van der Waals surface area contributed by atoms with Gasteiger partial charge < -0.3 is 54.2 Å². The highest BCUT2D eigenvalue weighted by atomic mass is 16.2. The van der Waals surface area contributed by atoms with Crippen molar-refractivity contribution in [3.8, 4) is 0 Å². The van der Waals surface area contributed by atoms with Crippen molar-refractivity contribution in [2.75, 3.05) is 52.4 Å². The Balaban J connectivity index is 1.70. The van der Waals surface area contributed by atoms with Crippen LogP contribution in [0.15, 0.2) is 32.5 Å². The van der Waals surface area contributed by atoms with Crippen LogP contribution in [0, 0.1) is 13.8 Å². The van der Waals surface area contributed by atoms with E-state index < -0.39 is 0 Å². The molecule has 3 aliphatic rings. The lowest BCUT2D eigenvalue weighted by Crippen LogP contribution is -2.39. The Morgan fingerprint density at radius 3 is 2.13 bits per heavy atom. The summed E-state index contributed by atoms with van der Waals surface area (Å²) in [5, 5.41) is 15.2. The highest BCUT2D eigenvalue weighted by molar-refractivity contribution is 6.50. The molecule has 2 unspecified atom stereocenters. The number of hydrogen-bond donors (Lipinski definition) is 10. The number of nitrogens with one attached hydrogen (secondary N) is 6. The van der Waals surface area contributed by atoms with E-state index in [0.717, 1.165) is 72.7 Å². The van der Waals surface area contributed by atoms with Crippen molar-refractivity contribution in [2.45, 2.75) is 78.3 Å². The SMILES string of the molecule is CC1=C2C=c3[nH]/c(c(CCC(=O)NCCN)c3C)=C\c3[nH]c(c(C)c3CCC(=O)NCCN)CC3NC(CC(=N2)C1=NCCN)C(C)=C3NCCN. The number of H-pyrrole nitrogens is 2. The summed E-state index contributed by atoms with van der Waals surface area (Å²) in [6, 6.07) is 0.0406. The molecule has 3 aliphatic heterocycles. The second-order valence-electron chi connectivity index (χ2n) is 13.8. The summed E-state index contributed by atoms with van der Waals surface area (Å²) >= 11 is 0. The molecule has 0 aromatic carbocycles. The zero-order chi connectivity index (χ0) is 37.4. The predicted molar refractivity (Wildman–Crippen MR) is 209 cm³/mol. The maximum atomic E-state index is 12.8. The van der Waals surface area contributed by atoms with Crippen LogP contribution in [0.3, 0.4) is 0 Å². The summed E-state index contributed by atoms with van der Waals surface area (Å²) in [4.78, 5) is 43.1. The molecule has 14 nitrogen and oxygen atoms in total. The van der Waals surface area contributed by atoms with Gasteiger partial charge in [-0.25, -0.2) is 0 Å². The number of fused-ring (bicyclic) bond motifs is 7. The molecule has 2 atom stereocenters. The number of hydrogen-bond acceptors (Lipinski definition) is 10.